The first-order valence-electron chi connectivity index (χ1n) is 4.01. The smallest absolute Gasteiger partial charge is 0.229 e. The van der Waals surface area contributed by atoms with Crippen LogP contribution in [-0.4, -0.2) is 30.9 Å². The van der Waals surface area contributed by atoms with Crippen molar-refractivity contribution in [2.24, 2.45) is 0 Å². The van der Waals surface area contributed by atoms with Gasteiger partial charge in [0.1, 0.15) is 0 Å². The predicted octanol–water partition coefficient (Wildman–Crippen LogP) is 1.26. The number of hydrogen-bond donors (Lipinski definition) is 1. The molecule has 4 heteroatoms. The van der Waals surface area contributed by atoms with Crippen molar-refractivity contribution in [2.75, 3.05) is 6.61 Å². The molecule has 0 aromatic heterocycles. The van der Waals surface area contributed by atoms with Crippen molar-refractivity contribution in [1.29, 1.82) is 0 Å². The molecule has 0 atom stereocenters. The zero-order chi connectivity index (χ0) is 8.53. The Morgan fingerprint density at radius 1 is 1.45 bits per heavy atom. The molecule has 1 aliphatic heterocycles. The number of rotatable bonds is 1. The van der Waals surface area contributed by atoms with Crippen molar-refractivity contribution in [1.82, 2.24) is 0 Å². The molecule has 4 radical (unpaired) electrons. The first-order valence-corrected chi connectivity index (χ1v) is 6.15. The Balaban J connectivity index is 0.000000187. The van der Waals surface area contributed by atoms with Crippen molar-refractivity contribution in [2.45, 2.75) is 38.3 Å². The SMILES string of the molecule is C1CC[Si]OC1.CC(C)[Si]O. The molecule has 0 saturated carbocycles. The van der Waals surface area contributed by atoms with Crippen LogP contribution in [0.25, 0.3) is 0 Å². The Morgan fingerprint density at radius 2 is 2.09 bits per heavy atom. The summed E-state index contributed by atoms with van der Waals surface area (Å²) in [4.78, 5) is 8.17. The maximum Gasteiger partial charge on any atom is 0.229 e. The average molecular weight is 188 g/mol. The lowest BCUT2D eigenvalue weighted by atomic mass is 10.4. The highest BCUT2D eigenvalue weighted by Crippen LogP contribution is 2.01. The van der Waals surface area contributed by atoms with Gasteiger partial charge in [-0.15, -0.1) is 0 Å². The summed E-state index contributed by atoms with van der Waals surface area (Å²) in [6.07, 6.45) is 2.67. The van der Waals surface area contributed by atoms with Crippen LogP contribution in [-0.2, 0) is 4.43 Å². The summed E-state index contributed by atoms with van der Waals surface area (Å²) in [6.45, 7) is 4.98. The summed E-state index contributed by atoms with van der Waals surface area (Å²) < 4.78 is 5.10. The van der Waals surface area contributed by atoms with E-state index in [-0.39, 0.29) is 9.76 Å². The summed E-state index contributed by atoms with van der Waals surface area (Å²) in [6, 6.07) is 1.31. The van der Waals surface area contributed by atoms with Crippen LogP contribution >= 0.6 is 0 Å². The Hall–Kier alpha value is 0.354. The van der Waals surface area contributed by atoms with Gasteiger partial charge in [-0.05, 0) is 18.0 Å². The van der Waals surface area contributed by atoms with Gasteiger partial charge in [0.2, 0.25) is 19.5 Å². The first kappa shape index (κ1) is 11.4. The molecule has 0 aromatic carbocycles. The van der Waals surface area contributed by atoms with E-state index in [1.807, 2.05) is 13.8 Å². The monoisotopic (exact) mass is 188 g/mol. The molecule has 2 nitrogen and oxygen atoms in total. The fraction of sp³-hybridized carbons (Fsp3) is 1.00. The van der Waals surface area contributed by atoms with Gasteiger partial charge in [-0.25, -0.2) is 0 Å². The van der Waals surface area contributed by atoms with Gasteiger partial charge < -0.3 is 9.22 Å². The van der Waals surface area contributed by atoms with Gasteiger partial charge in [-0.3, -0.25) is 0 Å². The second-order valence-electron chi connectivity index (χ2n) is 2.73. The molecule has 1 saturated heterocycles. The van der Waals surface area contributed by atoms with Crippen LogP contribution in [0.5, 0.6) is 0 Å². The lowest BCUT2D eigenvalue weighted by Crippen LogP contribution is -2.06. The standard InChI is InChI=1S/C4H8OSi.C3H8OSi/c1-2-4-6-5-3-1;1-3(2)5-4/h1-4H2;3-4H,1-2H3. The van der Waals surface area contributed by atoms with Crippen LogP contribution < -0.4 is 0 Å². The summed E-state index contributed by atoms with van der Waals surface area (Å²) in [7, 11) is 0.916. The van der Waals surface area contributed by atoms with Crippen molar-refractivity contribution >= 4 is 19.5 Å². The van der Waals surface area contributed by atoms with Gasteiger partial charge in [-0.2, -0.15) is 0 Å². The van der Waals surface area contributed by atoms with Crippen LogP contribution in [0, 0.1) is 0 Å². The highest BCUT2D eigenvalue weighted by atomic mass is 28.2. The lowest BCUT2D eigenvalue weighted by molar-refractivity contribution is 0.304. The third kappa shape index (κ3) is 10.4. The van der Waals surface area contributed by atoms with E-state index < -0.39 is 0 Å². The van der Waals surface area contributed by atoms with Crippen molar-refractivity contribution < 1.29 is 9.22 Å². The van der Waals surface area contributed by atoms with Crippen molar-refractivity contribution in [3.8, 4) is 0 Å². The number of hydrogen-bond acceptors (Lipinski definition) is 2. The molecule has 1 heterocycles. The van der Waals surface area contributed by atoms with Crippen molar-refractivity contribution in [3.63, 3.8) is 0 Å². The summed E-state index contributed by atoms with van der Waals surface area (Å²) >= 11 is 0. The molecule has 1 rings (SSSR count). The van der Waals surface area contributed by atoms with E-state index in [0.29, 0.717) is 5.54 Å². The Morgan fingerprint density at radius 3 is 2.18 bits per heavy atom. The minimum Gasteiger partial charge on any atom is -0.431 e. The Labute approximate surface area is 74.2 Å². The highest BCUT2D eigenvalue weighted by molar-refractivity contribution is 6.27. The highest BCUT2D eigenvalue weighted by Gasteiger charge is 1.97. The third-order valence-corrected chi connectivity index (χ3v) is 2.62. The lowest BCUT2D eigenvalue weighted by Gasteiger charge is -2.06. The average Bonchev–Trinajstić information content (AvgIpc) is 2.09. The molecule has 0 amide bonds. The molecule has 1 N–H and O–H groups in total. The fourth-order valence-electron chi connectivity index (χ4n) is 0.516. The molecule has 0 bridgehead atoms. The molecule has 0 aliphatic carbocycles. The normalized spacial score (nSPS) is 17.5. The molecule has 1 aliphatic rings. The zero-order valence-corrected chi connectivity index (χ0v) is 9.26. The van der Waals surface area contributed by atoms with Crippen molar-refractivity contribution in [3.05, 3.63) is 0 Å². The molecular formula is C7H16O2Si2. The van der Waals surface area contributed by atoms with E-state index in [2.05, 4.69) is 0 Å². The fourth-order valence-corrected chi connectivity index (χ4v) is 1.34. The van der Waals surface area contributed by atoms with Gasteiger partial charge in [0.05, 0.1) is 0 Å². The maximum atomic E-state index is 8.17. The summed E-state index contributed by atoms with van der Waals surface area (Å²) in [5.41, 5.74) is 0.468. The molecule has 1 fully saturated rings. The van der Waals surface area contributed by atoms with Gasteiger partial charge in [0, 0.05) is 6.61 Å². The van der Waals surface area contributed by atoms with Crippen LogP contribution in [0.2, 0.25) is 11.6 Å². The van der Waals surface area contributed by atoms with E-state index in [4.69, 9.17) is 9.22 Å². The second-order valence-corrected chi connectivity index (χ2v) is 5.22. The van der Waals surface area contributed by atoms with Gasteiger partial charge in [0.25, 0.3) is 0 Å². The predicted molar refractivity (Wildman–Crippen MR) is 48.8 cm³/mol. The molecule has 0 unspecified atom stereocenters. The largest absolute Gasteiger partial charge is 0.431 e. The van der Waals surface area contributed by atoms with Crippen LogP contribution in [0.3, 0.4) is 0 Å². The van der Waals surface area contributed by atoms with Gasteiger partial charge >= 0.3 is 0 Å². The molecule has 0 spiro atoms. The Bertz CT molecular complexity index is 63.3. The van der Waals surface area contributed by atoms with Gasteiger partial charge in [-0.1, -0.05) is 20.3 Å². The van der Waals surface area contributed by atoms with E-state index in [0.717, 1.165) is 16.4 Å². The summed E-state index contributed by atoms with van der Waals surface area (Å²) in [5, 5.41) is 0. The van der Waals surface area contributed by atoms with E-state index in [1.165, 1.54) is 18.9 Å². The third-order valence-electron chi connectivity index (χ3n) is 1.14. The minimum atomic E-state index is 0.114. The quantitative estimate of drug-likeness (QED) is 0.628. The first-order chi connectivity index (χ1) is 5.27. The molecule has 0 aromatic rings. The van der Waals surface area contributed by atoms with E-state index in [1.54, 1.807) is 0 Å². The van der Waals surface area contributed by atoms with E-state index >= 15 is 0 Å². The van der Waals surface area contributed by atoms with Crippen LogP contribution in [0.15, 0.2) is 0 Å². The zero-order valence-electron chi connectivity index (χ0n) is 7.26. The minimum absolute atomic E-state index is 0.114. The molecule has 11 heavy (non-hydrogen) atoms. The summed E-state index contributed by atoms with van der Waals surface area (Å²) in [5.74, 6) is 0. The van der Waals surface area contributed by atoms with Crippen LogP contribution in [0.4, 0.5) is 0 Å². The molecular weight excluding hydrogens is 172 g/mol. The van der Waals surface area contributed by atoms with Crippen LogP contribution in [0.1, 0.15) is 26.7 Å². The topological polar surface area (TPSA) is 29.5 Å². The molecule has 64 valence electrons. The Kier molecular flexibility index (Phi) is 8.72. The van der Waals surface area contributed by atoms with Gasteiger partial charge in [0.15, 0.2) is 0 Å². The second kappa shape index (κ2) is 8.45. The maximum absolute atomic E-state index is 8.17. The van der Waals surface area contributed by atoms with E-state index in [9.17, 15) is 0 Å².